The lowest BCUT2D eigenvalue weighted by atomic mass is 10.1. The predicted octanol–water partition coefficient (Wildman–Crippen LogP) is 3.64. The topological polar surface area (TPSA) is 59.5 Å². The molecule has 0 N–H and O–H groups in total. The maximum Gasteiger partial charge on any atom is 0.157 e. The Morgan fingerprint density at radius 1 is 1.12 bits per heavy atom. The van der Waals surface area contributed by atoms with E-state index in [-0.39, 0.29) is 0 Å². The fourth-order valence-corrected chi connectivity index (χ4v) is 2.97. The van der Waals surface area contributed by atoms with Crippen molar-refractivity contribution in [3.05, 3.63) is 65.7 Å². The van der Waals surface area contributed by atoms with Crippen LogP contribution in [0.4, 0.5) is 5.82 Å². The van der Waals surface area contributed by atoms with Gasteiger partial charge in [0.1, 0.15) is 11.6 Å². The van der Waals surface area contributed by atoms with Gasteiger partial charge in [0, 0.05) is 36.9 Å². The molecule has 0 saturated carbocycles. The van der Waals surface area contributed by atoms with E-state index in [1.54, 1.807) is 6.20 Å². The minimum absolute atomic E-state index is 0.689. The first kappa shape index (κ1) is 15.4. The third kappa shape index (κ3) is 2.76. The van der Waals surface area contributed by atoms with Crippen LogP contribution in [0, 0.1) is 13.8 Å². The van der Waals surface area contributed by atoms with Crippen LogP contribution in [-0.4, -0.2) is 26.8 Å². The molecule has 0 aliphatic carbocycles. The average molecular weight is 333 g/mol. The van der Waals surface area contributed by atoms with E-state index >= 15 is 0 Å². The predicted molar refractivity (Wildman–Crippen MR) is 96.5 cm³/mol. The highest BCUT2D eigenvalue weighted by molar-refractivity contribution is 5.66. The van der Waals surface area contributed by atoms with E-state index in [9.17, 15) is 0 Å². The number of aryl methyl sites for hydroxylation is 2. The van der Waals surface area contributed by atoms with Gasteiger partial charge in [0.25, 0.3) is 0 Å². The summed E-state index contributed by atoms with van der Waals surface area (Å²) in [5, 5.41) is 8.47. The fraction of sp³-hybridized carbons (Fsp3) is 0.211. The molecule has 0 unspecified atom stereocenters. The summed E-state index contributed by atoms with van der Waals surface area (Å²) >= 11 is 0. The van der Waals surface area contributed by atoms with Crippen LogP contribution in [0.1, 0.15) is 17.0 Å². The standard InChI is InChI=1S/C19H19N5O/c1-13-16(14(2)25-22-13)12-23(3)19-11-17(15-7-5-4-6-8-15)21-18-9-10-20-24(18)19/h4-11H,12H2,1-3H3. The van der Waals surface area contributed by atoms with Gasteiger partial charge in [0.05, 0.1) is 17.6 Å². The van der Waals surface area contributed by atoms with Crippen LogP contribution in [0.3, 0.4) is 0 Å². The van der Waals surface area contributed by atoms with E-state index in [4.69, 9.17) is 9.51 Å². The van der Waals surface area contributed by atoms with E-state index in [0.717, 1.165) is 39.7 Å². The molecule has 4 rings (SSSR count). The number of anilines is 1. The van der Waals surface area contributed by atoms with Crippen molar-refractivity contribution in [2.45, 2.75) is 20.4 Å². The molecule has 4 aromatic rings. The molecule has 0 aliphatic rings. The van der Waals surface area contributed by atoms with E-state index in [1.165, 1.54) is 0 Å². The number of rotatable bonds is 4. The summed E-state index contributed by atoms with van der Waals surface area (Å²) in [5.74, 6) is 1.81. The second-order valence-electron chi connectivity index (χ2n) is 6.13. The van der Waals surface area contributed by atoms with Crippen molar-refractivity contribution in [2.24, 2.45) is 0 Å². The fourth-order valence-electron chi connectivity index (χ4n) is 2.97. The first-order valence-electron chi connectivity index (χ1n) is 8.16. The first-order chi connectivity index (χ1) is 12.1. The van der Waals surface area contributed by atoms with Crippen molar-refractivity contribution >= 4 is 11.5 Å². The van der Waals surface area contributed by atoms with Crippen LogP contribution in [0.2, 0.25) is 0 Å². The summed E-state index contributed by atoms with van der Waals surface area (Å²) in [7, 11) is 2.04. The van der Waals surface area contributed by atoms with Gasteiger partial charge in [0.2, 0.25) is 0 Å². The van der Waals surface area contributed by atoms with E-state index in [0.29, 0.717) is 6.54 Å². The Morgan fingerprint density at radius 3 is 2.64 bits per heavy atom. The molecule has 0 aliphatic heterocycles. The number of aromatic nitrogens is 4. The summed E-state index contributed by atoms with van der Waals surface area (Å²) in [6, 6.07) is 14.1. The zero-order chi connectivity index (χ0) is 17.4. The smallest absolute Gasteiger partial charge is 0.157 e. The lowest BCUT2D eigenvalue weighted by molar-refractivity contribution is 0.392. The van der Waals surface area contributed by atoms with Crippen LogP contribution >= 0.6 is 0 Å². The largest absolute Gasteiger partial charge is 0.361 e. The minimum Gasteiger partial charge on any atom is -0.361 e. The Labute approximate surface area is 145 Å². The van der Waals surface area contributed by atoms with Gasteiger partial charge in [-0.05, 0) is 13.8 Å². The Kier molecular flexibility index (Phi) is 3.72. The molecule has 0 radical (unpaired) electrons. The monoisotopic (exact) mass is 333 g/mol. The maximum absolute atomic E-state index is 5.29. The summed E-state index contributed by atoms with van der Waals surface area (Å²) in [6.07, 6.45) is 1.77. The van der Waals surface area contributed by atoms with Crippen molar-refractivity contribution in [1.29, 1.82) is 0 Å². The lowest BCUT2D eigenvalue weighted by Gasteiger charge is -2.20. The molecule has 0 amide bonds. The number of hydrogen-bond acceptors (Lipinski definition) is 5. The molecule has 3 heterocycles. The Hall–Kier alpha value is -3.15. The molecule has 25 heavy (non-hydrogen) atoms. The van der Waals surface area contributed by atoms with Crippen LogP contribution in [-0.2, 0) is 6.54 Å². The van der Waals surface area contributed by atoms with Gasteiger partial charge in [-0.1, -0.05) is 35.5 Å². The number of fused-ring (bicyclic) bond motifs is 1. The van der Waals surface area contributed by atoms with E-state index in [1.807, 2.05) is 49.7 Å². The average Bonchev–Trinajstić information content (AvgIpc) is 3.23. The van der Waals surface area contributed by atoms with Crippen LogP contribution < -0.4 is 4.90 Å². The van der Waals surface area contributed by atoms with Crippen LogP contribution in [0.15, 0.2) is 53.2 Å². The molecule has 3 aromatic heterocycles. The molecule has 126 valence electrons. The molecule has 0 bridgehead atoms. The van der Waals surface area contributed by atoms with Crippen molar-refractivity contribution in [2.75, 3.05) is 11.9 Å². The summed E-state index contributed by atoms with van der Waals surface area (Å²) in [4.78, 5) is 6.86. The van der Waals surface area contributed by atoms with Gasteiger partial charge < -0.3 is 9.42 Å². The van der Waals surface area contributed by atoms with Crippen molar-refractivity contribution in [1.82, 2.24) is 19.8 Å². The van der Waals surface area contributed by atoms with Gasteiger partial charge in [-0.25, -0.2) is 4.98 Å². The summed E-state index contributed by atoms with van der Waals surface area (Å²) in [5.41, 5.74) is 4.84. The van der Waals surface area contributed by atoms with Crippen molar-refractivity contribution < 1.29 is 4.52 Å². The molecule has 0 atom stereocenters. The first-order valence-corrected chi connectivity index (χ1v) is 8.16. The van der Waals surface area contributed by atoms with Gasteiger partial charge >= 0.3 is 0 Å². The van der Waals surface area contributed by atoms with Gasteiger partial charge in [-0.15, -0.1) is 0 Å². The van der Waals surface area contributed by atoms with Crippen LogP contribution in [0.25, 0.3) is 16.9 Å². The second kappa shape index (κ2) is 6.05. The van der Waals surface area contributed by atoms with Gasteiger partial charge in [-0.3, -0.25) is 0 Å². The normalized spacial score (nSPS) is 11.2. The zero-order valence-corrected chi connectivity index (χ0v) is 14.5. The molecule has 0 saturated heterocycles. The number of hydrogen-bond donors (Lipinski definition) is 0. The second-order valence-corrected chi connectivity index (χ2v) is 6.13. The van der Waals surface area contributed by atoms with E-state index < -0.39 is 0 Å². The molecule has 6 heteroatoms. The quantitative estimate of drug-likeness (QED) is 0.571. The SMILES string of the molecule is Cc1noc(C)c1CN(C)c1cc(-c2ccccc2)nc2ccnn12. The van der Waals surface area contributed by atoms with Gasteiger partial charge in [0.15, 0.2) is 5.65 Å². The molecule has 0 fully saturated rings. The van der Waals surface area contributed by atoms with Gasteiger partial charge in [-0.2, -0.15) is 9.61 Å². The highest BCUT2D eigenvalue weighted by Crippen LogP contribution is 2.25. The third-order valence-electron chi connectivity index (χ3n) is 4.38. The van der Waals surface area contributed by atoms with Crippen LogP contribution in [0.5, 0.6) is 0 Å². The Morgan fingerprint density at radius 2 is 1.92 bits per heavy atom. The van der Waals surface area contributed by atoms with E-state index in [2.05, 4.69) is 33.4 Å². The number of benzene rings is 1. The molecule has 6 nitrogen and oxygen atoms in total. The highest BCUT2D eigenvalue weighted by Gasteiger charge is 2.16. The zero-order valence-electron chi connectivity index (χ0n) is 14.5. The summed E-state index contributed by atoms with van der Waals surface area (Å²) in [6.45, 7) is 4.59. The Bertz CT molecular complexity index is 999. The molecule has 1 aromatic carbocycles. The Balaban J connectivity index is 1.79. The number of nitrogens with zero attached hydrogens (tertiary/aromatic N) is 5. The van der Waals surface area contributed by atoms with Crippen molar-refractivity contribution in [3.8, 4) is 11.3 Å². The maximum atomic E-state index is 5.29. The van der Waals surface area contributed by atoms with Crippen molar-refractivity contribution in [3.63, 3.8) is 0 Å². The third-order valence-corrected chi connectivity index (χ3v) is 4.38. The molecular formula is C19H19N5O. The molecule has 0 spiro atoms. The molecular weight excluding hydrogens is 314 g/mol. The highest BCUT2D eigenvalue weighted by atomic mass is 16.5. The lowest BCUT2D eigenvalue weighted by Crippen LogP contribution is -2.20. The minimum atomic E-state index is 0.689. The summed E-state index contributed by atoms with van der Waals surface area (Å²) < 4.78 is 7.14.